The number of likely N-dealkylation sites (tertiary alicyclic amines) is 1. The summed E-state index contributed by atoms with van der Waals surface area (Å²) in [4.78, 5) is 2.25. The summed E-state index contributed by atoms with van der Waals surface area (Å²) >= 11 is 0. The highest BCUT2D eigenvalue weighted by Gasteiger charge is 2.28. The minimum absolute atomic E-state index is 0.197. The Hall–Kier alpha value is -1.37. The van der Waals surface area contributed by atoms with E-state index in [1.54, 1.807) is 0 Å². The SMILES string of the molecule is CC(O)(CN1CCC(C#N)CC1)c1ccccc1. The maximum atomic E-state index is 10.6. The van der Waals surface area contributed by atoms with Crippen LogP contribution in [0.15, 0.2) is 30.3 Å². The van der Waals surface area contributed by atoms with Crippen molar-refractivity contribution in [1.82, 2.24) is 4.90 Å². The first kappa shape index (κ1) is 13.1. The van der Waals surface area contributed by atoms with E-state index in [1.807, 2.05) is 37.3 Å². The lowest BCUT2D eigenvalue weighted by atomic mass is 9.93. The number of hydrogen-bond acceptors (Lipinski definition) is 3. The molecule has 1 aliphatic heterocycles. The Morgan fingerprint density at radius 2 is 1.94 bits per heavy atom. The Balaban J connectivity index is 1.96. The van der Waals surface area contributed by atoms with Crippen LogP contribution in [-0.2, 0) is 5.60 Å². The van der Waals surface area contributed by atoms with Gasteiger partial charge in [0.05, 0.1) is 11.7 Å². The van der Waals surface area contributed by atoms with Gasteiger partial charge < -0.3 is 10.0 Å². The summed E-state index contributed by atoms with van der Waals surface area (Å²) in [5.74, 6) is 0.197. The van der Waals surface area contributed by atoms with Gasteiger partial charge in [0.2, 0.25) is 0 Å². The molecular weight excluding hydrogens is 224 g/mol. The van der Waals surface area contributed by atoms with Gasteiger partial charge >= 0.3 is 0 Å². The minimum atomic E-state index is -0.819. The molecule has 1 aliphatic rings. The maximum absolute atomic E-state index is 10.6. The van der Waals surface area contributed by atoms with Crippen molar-refractivity contribution in [2.45, 2.75) is 25.4 Å². The van der Waals surface area contributed by atoms with Gasteiger partial charge in [0, 0.05) is 12.5 Å². The van der Waals surface area contributed by atoms with E-state index >= 15 is 0 Å². The molecule has 1 unspecified atom stereocenters. The molecule has 3 nitrogen and oxygen atoms in total. The van der Waals surface area contributed by atoms with E-state index in [4.69, 9.17) is 5.26 Å². The van der Waals surface area contributed by atoms with Gasteiger partial charge in [-0.15, -0.1) is 0 Å². The van der Waals surface area contributed by atoms with E-state index < -0.39 is 5.60 Å². The van der Waals surface area contributed by atoms with Crippen molar-refractivity contribution in [3.8, 4) is 6.07 Å². The van der Waals surface area contributed by atoms with Crippen LogP contribution < -0.4 is 0 Å². The van der Waals surface area contributed by atoms with Crippen molar-refractivity contribution in [2.75, 3.05) is 19.6 Å². The normalized spacial score (nSPS) is 21.2. The lowest BCUT2D eigenvalue weighted by Crippen LogP contribution is -2.42. The second kappa shape index (κ2) is 5.51. The topological polar surface area (TPSA) is 47.3 Å². The molecule has 18 heavy (non-hydrogen) atoms. The second-order valence-corrected chi connectivity index (χ2v) is 5.32. The number of aliphatic hydroxyl groups is 1. The van der Waals surface area contributed by atoms with Crippen LogP contribution in [0.2, 0.25) is 0 Å². The van der Waals surface area contributed by atoms with Gasteiger partial charge in [-0.25, -0.2) is 0 Å². The van der Waals surface area contributed by atoms with Crippen molar-refractivity contribution in [1.29, 1.82) is 5.26 Å². The zero-order chi connectivity index (χ0) is 13.0. The fraction of sp³-hybridized carbons (Fsp3) is 0.533. The van der Waals surface area contributed by atoms with Gasteiger partial charge in [0.1, 0.15) is 0 Å². The molecule has 2 rings (SSSR count). The average Bonchev–Trinajstić information content (AvgIpc) is 2.40. The number of rotatable bonds is 3. The van der Waals surface area contributed by atoms with Crippen LogP contribution in [0.25, 0.3) is 0 Å². The van der Waals surface area contributed by atoms with E-state index in [2.05, 4.69) is 11.0 Å². The molecule has 0 bridgehead atoms. The van der Waals surface area contributed by atoms with Gasteiger partial charge in [-0.2, -0.15) is 5.26 Å². The smallest absolute Gasteiger partial charge is 0.0994 e. The molecule has 0 saturated carbocycles. The second-order valence-electron chi connectivity index (χ2n) is 5.32. The molecule has 1 N–H and O–H groups in total. The van der Waals surface area contributed by atoms with Crippen molar-refractivity contribution >= 4 is 0 Å². The monoisotopic (exact) mass is 244 g/mol. The molecule has 1 atom stereocenters. The summed E-state index contributed by atoms with van der Waals surface area (Å²) in [6.07, 6.45) is 1.84. The Bertz CT molecular complexity index is 414. The van der Waals surface area contributed by atoms with Crippen LogP contribution in [0.3, 0.4) is 0 Å². The summed E-state index contributed by atoms with van der Waals surface area (Å²) in [7, 11) is 0. The van der Waals surface area contributed by atoms with E-state index in [9.17, 15) is 5.11 Å². The number of hydrogen-bond donors (Lipinski definition) is 1. The average molecular weight is 244 g/mol. The lowest BCUT2D eigenvalue weighted by molar-refractivity contribution is 0.00799. The molecule has 1 fully saturated rings. The van der Waals surface area contributed by atoms with Gasteiger partial charge in [-0.05, 0) is 38.4 Å². The van der Waals surface area contributed by atoms with E-state index in [-0.39, 0.29) is 5.92 Å². The maximum Gasteiger partial charge on any atom is 0.0994 e. The molecular formula is C15H20N2O. The van der Waals surface area contributed by atoms with Crippen molar-refractivity contribution < 1.29 is 5.11 Å². The van der Waals surface area contributed by atoms with Crippen molar-refractivity contribution in [3.05, 3.63) is 35.9 Å². The van der Waals surface area contributed by atoms with Gasteiger partial charge in [0.15, 0.2) is 0 Å². The van der Waals surface area contributed by atoms with Crippen molar-refractivity contribution in [3.63, 3.8) is 0 Å². The third-order valence-electron chi connectivity index (χ3n) is 3.70. The summed E-state index contributed by atoms with van der Waals surface area (Å²) in [5, 5.41) is 19.4. The van der Waals surface area contributed by atoms with Crippen LogP contribution in [0.5, 0.6) is 0 Å². The van der Waals surface area contributed by atoms with E-state index in [0.29, 0.717) is 6.54 Å². The summed E-state index contributed by atoms with van der Waals surface area (Å²) in [6, 6.07) is 12.1. The fourth-order valence-corrected chi connectivity index (χ4v) is 2.54. The number of nitrogens with zero attached hydrogens (tertiary/aromatic N) is 2. The fourth-order valence-electron chi connectivity index (χ4n) is 2.54. The molecule has 0 amide bonds. The molecule has 0 aliphatic carbocycles. The van der Waals surface area contributed by atoms with Crippen LogP contribution in [0.1, 0.15) is 25.3 Å². The van der Waals surface area contributed by atoms with Gasteiger partial charge in [-0.3, -0.25) is 0 Å². The Morgan fingerprint density at radius 1 is 1.33 bits per heavy atom. The van der Waals surface area contributed by atoms with Crippen LogP contribution in [-0.4, -0.2) is 29.6 Å². The highest BCUT2D eigenvalue weighted by Crippen LogP contribution is 2.24. The first-order chi connectivity index (χ1) is 8.62. The summed E-state index contributed by atoms with van der Waals surface area (Å²) in [5.41, 5.74) is 0.133. The number of benzene rings is 1. The molecule has 0 radical (unpaired) electrons. The number of nitriles is 1. The van der Waals surface area contributed by atoms with Gasteiger partial charge in [-0.1, -0.05) is 30.3 Å². The predicted molar refractivity (Wildman–Crippen MR) is 70.8 cm³/mol. The van der Waals surface area contributed by atoms with Gasteiger partial charge in [0.25, 0.3) is 0 Å². The van der Waals surface area contributed by atoms with Crippen LogP contribution in [0, 0.1) is 17.2 Å². The minimum Gasteiger partial charge on any atom is -0.384 e. The molecule has 96 valence electrons. The Kier molecular flexibility index (Phi) is 4.00. The zero-order valence-electron chi connectivity index (χ0n) is 10.8. The Labute approximate surface area is 109 Å². The van der Waals surface area contributed by atoms with E-state index in [0.717, 1.165) is 31.5 Å². The molecule has 3 heteroatoms. The highest BCUT2D eigenvalue weighted by molar-refractivity contribution is 5.21. The largest absolute Gasteiger partial charge is 0.384 e. The quantitative estimate of drug-likeness (QED) is 0.886. The number of β-amino-alcohol motifs (C(OH)–C–C–N with tert-alkyl or cyclic N) is 1. The van der Waals surface area contributed by atoms with E-state index in [1.165, 1.54) is 0 Å². The molecule has 1 aromatic rings. The summed E-state index contributed by atoms with van der Waals surface area (Å²) < 4.78 is 0. The molecule has 1 saturated heterocycles. The predicted octanol–water partition coefficient (Wildman–Crippen LogP) is 2.13. The van der Waals surface area contributed by atoms with Crippen LogP contribution in [0.4, 0.5) is 0 Å². The first-order valence-electron chi connectivity index (χ1n) is 6.52. The lowest BCUT2D eigenvalue weighted by Gasteiger charge is -2.35. The van der Waals surface area contributed by atoms with Crippen LogP contribution >= 0.6 is 0 Å². The first-order valence-corrected chi connectivity index (χ1v) is 6.52. The molecule has 1 heterocycles. The zero-order valence-corrected chi connectivity index (χ0v) is 10.8. The van der Waals surface area contributed by atoms with Crippen molar-refractivity contribution in [2.24, 2.45) is 5.92 Å². The molecule has 0 spiro atoms. The Morgan fingerprint density at radius 3 is 2.50 bits per heavy atom. The molecule has 0 aromatic heterocycles. The number of piperidine rings is 1. The summed E-state index contributed by atoms with van der Waals surface area (Å²) in [6.45, 7) is 4.30. The third kappa shape index (κ3) is 3.10. The highest BCUT2D eigenvalue weighted by atomic mass is 16.3. The third-order valence-corrected chi connectivity index (χ3v) is 3.70. The molecule has 1 aromatic carbocycles. The standard InChI is InChI=1S/C15H20N2O/c1-15(18,14-5-3-2-4-6-14)12-17-9-7-13(11-16)8-10-17/h2-6,13,18H,7-10,12H2,1H3.